The van der Waals surface area contributed by atoms with E-state index < -0.39 is 12.1 Å². The van der Waals surface area contributed by atoms with E-state index in [1.54, 1.807) is 11.3 Å². The minimum absolute atomic E-state index is 0.272. The molecule has 1 fully saturated rings. The van der Waals surface area contributed by atoms with E-state index in [-0.39, 0.29) is 5.91 Å². The zero-order chi connectivity index (χ0) is 9.42. The molecule has 0 radical (unpaired) electrons. The quantitative estimate of drug-likeness (QED) is 0.657. The molecule has 1 aromatic heterocycles. The van der Waals surface area contributed by atoms with Gasteiger partial charge in [-0.15, -0.1) is 11.3 Å². The maximum Gasteiger partial charge on any atom is 0.322 e. The van der Waals surface area contributed by atoms with Crippen LogP contribution in [-0.2, 0) is 4.79 Å². The van der Waals surface area contributed by atoms with E-state index in [9.17, 15) is 9.59 Å². The van der Waals surface area contributed by atoms with Crippen molar-refractivity contribution in [2.45, 2.75) is 13.0 Å². The lowest BCUT2D eigenvalue weighted by atomic mass is 10.1. The number of rotatable bonds is 1. The van der Waals surface area contributed by atoms with Gasteiger partial charge in [0.2, 0.25) is 0 Å². The second-order valence-corrected chi connectivity index (χ2v) is 3.95. The Hall–Kier alpha value is -1.36. The number of nitrogens with one attached hydrogen (secondary N) is 2. The molecule has 0 saturated carbocycles. The van der Waals surface area contributed by atoms with Gasteiger partial charge in [-0.25, -0.2) is 4.79 Å². The second-order valence-electron chi connectivity index (χ2n) is 2.83. The smallest absolute Gasteiger partial charge is 0.322 e. The molecule has 3 amide bonds. The fourth-order valence-electron chi connectivity index (χ4n) is 1.33. The molecular weight excluding hydrogens is 188 g/mol. The van der Waals surface area contributed by atoms with E-state index in [1.807, 2.05) is 18.4 Å². The average Bonchev–Trinajstić information content (AvgIpc) is 2.58. The van der Waals surface area contributed by atoms with Crippen LogP contribution < -0.4 is 10.6 Å². The van der Waals surface area contributed by atoms with Crippen LogP contribution in [0.4, 0.5) is 4.79 Å². The lowest BCUT2D eigenvalue weighted by Crippen LogP contribution is -2.22. The van der Waals surface area contributed by atoms with Crippen LogP contribution in [0.5, 0.6) is 0 Å². The van der Waals surface area contributed by atoms with Crippen molar-refractivity contribution in [1.82, 2.24) is 10.6 Å². The van der Waals surface area contributed by atoms with Gasteiger partial charge in [-0.3, -0.25) is 10.1 Å². The van der Waals surface area contributed by atoms with Gasteiger partial charge in [0.05, 0.1) is 0 Å². The predicted molar refractivity (Wildman–Crippen MR) is 48.5 cm³/mol. The Morgan fingerprint density at radius 3 is 2.69 bits per heavy atom. The Morgan fingerprint density at radius 1 is 1.46 bits per heavy atom. The van der Waals surface area contributed by atoms with Crippen molar-refractivity contribution in [1.29, 1.82) is 0 Å². The molecule has 1 aliphatic rings. The molecule has 4 nitrogen and oxygen atoms in total. The fraction of sp³-hybridized carbons (Fsp3) is 0.250. The van der Waals surface area contributed by atoms with Crippen LogP contribution in [-0.4, -0.2) is 11.9 Å². The van der Waals surface area contributed by atoms with E-state index in [2.05, 4.69) is 10.6 Å². The summed E-state index contributed by atoms with van der Waals surface area (Å²) in [4.78, 5) is 23.1. The molecule has 13 heavy (non-hydrogen) atoms. The number of aryl methyl sites for hydroxylation is 1. The Balaban J connectivity index is 2.32. The first-order chi connectivity index (χ1) is 6.18. The normalized spacial score (nSPS) is 21.5. The van der Waals surface area contributed by atoms with Gasteiger partial charge >= 0.3 is 6.03 Å². The van der Waals surface area contributed by atoms with Gasteiger partial charge < -0.3 is 5.32 Å². The topological polar surface area (TPSA) is 58.2 Å². The molecular formula is C8H8N2O2S. The summed E-state index contributed by atoms with van der Waals surface area (Å²) in [6.07, 6.45) is 0. The van der Waals surface area contributed by atoms with E-state index in [0.717, 1.165) is 10.4 Å². The van der Waals surface area contributed by atoms with Crippen molar-refractivity contribution in [3.05, 3.63) is 21.9 Å². The number of carbonyl (C=O) groups is 2. The van der Waals surface area contributed by atoms with E-state index in [1.165, 1.54) is 0 Å². The number of hydrogen-bond acceptors (Lipinski definition) is 3. The third-order valence-corrected chi connectivity index (χ3v) is 2.85. The highest BCUT2D eigenvalue weighted by atomic mass is 32.1. The zero-order valence-corrected chi connectivity index (χ0v) is 7.77. The first-order valence-corrected chi connectivity index (χ1v) is 4.72. The van der Waals surface area contributed by atoms with Crippen LogP contribution in [0.1, 0.15) is 16.5 Å². The summed E-state index contributed by atoms with van der Waals surface area (Å²) in [7, 11) is 0. The largest absolute Gasteiger partial charge is 0.322 e. The second kappa shape index (κ2) is 2.85. The summed E-state index contributed by atoms with van der Waals surface area (Å²) in [5.41, 5.74) is 0.883. The maximum atomic E-state index is 11.2. The molecule has 2 rings (SSSR count). The van der Waals surface area contributed by atoms with Crippen LogP contribution in [0.2, 0.25) is 0 Å². The van der Waals surface area contributed by atoms with Gasteiger partial charge in [0.25, 0.3) is 5.91 Å². The number of amides is 3. The number of hydrogen-bond donors (Lipinski definition) is 2. The maximum absolute atomic E-state index is 11.2. The zero-order valence-electron chi connectivity index (χ0n) is 6.96. The van der Waals surface area contributed by atoms with Gasteiger partial charge in [0, 0.05) is 4.88 Å². The van der Waals surface area contributed by atoms with Gasteiger partial charge in [0.1, 0.15) is 6.04 Å². The van der Waals surface area contributed by atoms with Crippen molar-refractivity contribution in [2.75, 3.05) is 0 Å². The Bertz CT molecular complexity index is 372. The van der Waals surface area contributed by atoms with Crippen LogP contribution in [0, 0.1) is 6.92 Å². The monoisotopic (exact) mass is 196 g/mol. The summed E-state index contributed by atoms with van der Waals surface area (Å²) >= 11 is 1.56. The van der Waals surface area contributed by atoms with E-state index in [4.69, 9.17) is 0 Å². The lowest BCUT2D eigenvalue weighted by molar-refractivity contribution is -0.120. The van der Waals surface area contributed by atoms with Gasteiger partial charge in [-0.1, -0.05) is 0 Å². The molecule has 2 N–H and O–H groups in total. The van der Waals surface area contributed by atoms with Crippen molar-refractivity contribution < 1.29 is 9.59 Å². The molecule has 1 aromatic rings. The van der Waals surface area contributed by atoms with Gasteiger partial charge in [-0.05, 0) is 23.9 Å². The van der Waals surface area contributed by atoms with E-state index in [0.29, 0.717) is 0 Å². The Kier molecular flexibility index (Phi) is 1.81. The molecule has 0 bridgehead atoms. The molecule has 1 saturated heterocycles. The molecule has 0 aromatic carbocycles. The first-order valence-electron chi connectivity index (χ1n) is 3.84. The van der Waals surface area contributed by atoms with Crippen molar-refractivity contribution >= 4 is 23.3 Å². The number of imide groups is 1. The van der Waals surface area contributed by atoms with Crippen LogP contribution >= 0.6 is 11.3 Å². The number of thiophene rings is 1. The predicted octanol–water partition coefficient (Wildman–Crippen LogP) is 0.937. The summed E-state index contributed by atoms with van der Waals surface area (Å²) in [5, 5.41) is 6.66. The molecule has 5 heteroatoms. The third kappa shape index (κ3) is 1.31. The fourth-order valence-corrected chi connectivity index (χ4v) is 2.07. The first kappa shape index (κ1) is 8.25. The number of carbonyl (C=O) groups excluding carboxylic acids is 2. The molecule has 0 aliphatic carbocycles. The standard InChI is InChI=1S/C8H8N2O2S/c1-4-5(2-3-13-4)6-7(11)10-8(12)9-6/h2-3,6H,1H3,(H2,9,10,11,12). The van der Waals surface area contributed by atoms with Crippen molar-refractivity contribution in [3.8, 4) is 0 Å². The third-order valence-electron chi connectivity index (χ3n) is 1.98. The molecule has 1 atom stereocenters. The van der Waals surface area contributed by atoms with E-state index >= 15 is 0 Å². The molecule has 1 unspecified atom stereocenters. The van der Waals surface area contributed by atoms with Crippen LogP contribution in [0.15, 0.2) is 11.4 Å². The molecule has 2 heterocycles. The minimum Gasteiger partial charge on any atom is -0.322 e. The number of urea groups is 1. The van der Waals surface area contributed by atoms with Gasteiger partial charge in [-0.2, -0.15) is 0 Å². The highest BCUT2D eigenvalue weighted by Crippen LogP contribution is 2.24. The Labute approximate surface area is 78.9 Å². The van der Waals surface area contributed by atoms with Gasteiger partial charge in [0.15, 0.2) is 0 Å². The minimum atomic E-state index is -0.501. The van der Waals surface area contributed by atoms with Crippen molar-refractivity contribution in [2.24, 2.45) is 0 Å². The molecule has 68 valence electrons. The summed E-state index contributed by atoms with van der Waals surface area (Å²) < 4.78 is 0. The van der Waals surface area contributed by atoms with Crippen LogP contribution in [0.25, 0.3) is 0 Å². The van der Waals surface area contributed by atoms with Crippen molar-refractivity contribution in [3.63, 3.8) is 0 Å². The SMILES string of the molecule is Cc1sccc1C1NC(=O)NC1=O. The summed E-state index contributed by atoms with van der Waals surface area (Å²) in [6, 6.07) is 0.940. The summed E-state index contributed by atoms with van der Waals surface area (Å²) in [6.45, 7) is 1.93. The molecule has 1 aliphatic heterocycles. The van der Waals surface area contributed by atoms with Crippen LogP contribution in [0.3, 0.4) is 0 Å². The molecule has 0 spiro atoms. The average molecular weight is 196 g/mol. The highest BCUT2D eigenvalue weighted by molar-refractivity contribution is 7.10. The summed E-state index contributed by atoms with van der Waals surface area (Å²) in [5.74, 6) is -0.272. The highest BCUT2D eigenvalue weighted by Gasteiger charge is 2.31. The lowest BCUT2D eigenvalue weighted by Gasteiger charge is -2.05. The Morgan fingerprint density at radius 2 is 2.23 bits per heavy atom.